The van der Waals surface area contributed by atoms with Crippen LogP contribution in [0.15, 0.2) is 23.1 Å². The fraction of sp³-hybridized carbons (Fsp3) is 0.467. The minimum Gasteiger partial charge on any atom is -0.346 e. The molecule has 1 fully saturated rings. The minimum absolute atomic E-state index is 0.112. The average Bonchev–Trinajstić information content (AvgIpc) is 3.09. The van der Waals surface area contributed by atoms with Gasteiger partial charge in [0.2, 0.25) is 10.0 Å². The van der Waals surface area contributed by atoms with Crippen LogP contribution in [0.4, 0.5) is 0 Å². The number of benzene rings is 1. The molecule has 1 saturated heterocycles. The van der Waals surface area contributed by atoms with E-state index in [0.29, 0.717) is 11.0 Å². The van der Waals surface area contributed by atoms with Crippen molar-refractivity contribution in [3.63, 3.8) is 0 Å². The summed E-state index contributed by atoms with van der Waals surface area (Å²) >= 11 is 0.962. The molecule has 0 saturated carbocycles. The summed E-state index contributed by atoms with van der Waals surface area (Å²) in [5.41, 5.74) is 0.891. The van der Waals surface area contributed by atoms with Crippen molar-refractivity contribution in [2.24, 2.45) is 0 Å². The lowest BCUT2D eigenvalue weighted by atomic mass is 10.3. The summed E-state index contributed by atoms with van der Waals surface area (Å²) in [6.45, 7) is 4.10. The Balaban J connectivity index is 1.72. The smallest absolute Gasteiger partial charge is 0.311 e. The summed E-state index contributed by atoms with van der Waals surface area (Å²) in [4.78, 5) is 25.4. The summed E-state index contributed by atoms with van der Waals surface area (Å²) in [7, 11) is -3.75. The molecule has 0 unspecified atom stereocenters. The van der Waals surface area contributed by atoms with Crippen LogP contribution in [-0.2, 0) is 19.6 Å². The van der Waals surface area contributed by atoms with Gasteiger partial charge in [0.15, 0.2) is 0 Å². The Kier molecular flexibility index (Phi) is 5.21. The van der Waals surface area contributed by atoms with E-state index in [4.69, 9.17) is 0 Å². The van der Waals surface area contributed by atoms with Crippen molar-refractivity contribution in [2.45, 2.75) is 24.8 Å². The Morgan fingerprint density at radius 3 is 2.50 bits per heavy atom. The van der Waals surface area contributed by atoms with Gasteiger partial charge in [0.25, 0.3) is 0 Å². The van der Waals surface area contributed by atoms with E-state index in [1.54, 1.807) is 26.0 Å². The van der Waals surface area contributed by atoms with Crippen LogP contribution in [0.5, 0.6) is 0 Å². The van der Waals surface area contributed by atoms with Gasteiger partial charge in [-0.15, -0.1) is 0 Å². The highest BCUT2D eigenvalue weighted by Gasteiger charge is 2.33. The van der Waals surface area contributed by atoms with Crippen LogP contribution in [0.1, 0.15) is 13.8 Å². The number of nitrogens with one attached hydrogen (secondary N) is 1. The van der Waals surface area contributed by atoms with Crippen LogP contribution in [0.2, 0.25) is 0 Å². The van der Waals surface area contributed by atoms with Crippen LogP contribution in [0, 0.1) is 0 Å². The second kappa shape index (κ2) is 7.25. The van der Waals surface area contributed by atoms with Crippen molar-refractivity contribution in [1.82, 2.24) is 23.3 Å². The third-order valence-electron chi connectivity index (χ3n) is 4.01. The largest absolute Gasteiger partial charge is 0.346 e. The fourth-order valence-electron chi connectivity index (χ4n) is 2.73. The summed E-state index contributed by atoms with van der Waals surface area (Å²) in [5, 5.41) is 2.55. The molecule has 1 aliphatic heterocycles. The van der Waals surface area contributed by atoms with Gasteiger partial charge in [0, 0.05) is 32.2 Å². The lowest BCUT2D eigenvalue weighted by Crippen LogP contribution is -2.54. The van der Waals surface area contributed by atoms with E-state index in [1.165, 1.54) is 15.3 Å². The normalized spacial score (nSPS) is 16.2. The molecule has 0 atom stereocenters. The fourth-order valence-corrected chi connectivity index (χ4v) is 4.90. The van der Waals surface area contributed by atoms with Gasteiger partial charge in [-0.3, -0.25) is 9.59 Å². The molecule has 1 aromatic carbocycles. The van der Waals surface area contributed by atoms with Crippen molar-refractivity contribution < 1.29 is 18.0 Å². The van der Waals surface area contributed by atoms with Crippen LogP contribution < -0.4 is 5.32 Å². The Hall–Kier alpha value is -2.11. The molecule has 9 nitrogen and oxygen atoms in total. The SMILES string of the molecule is CC(C)NC(=O)C(=O)N1CCN(S(=O)(=O)c2cccc3nsnc23)CC1. The van der Waals surface area contributed by atoms with E-state index in [2.05, 4.69) is 14.1 Å². The number of piperazine rings is 1. The van der Waals surface area contributed by atoms with E-state index in [1.807, 2.05) is 0 Å². The quantitative estimate of drug-likeness (QED) is 0.733. The van der Waals surface area contributed by atoms with Crippen LogP contribution >= 0.6 is 11.7 Å². The van der Waals surface area contributed by atoms with E-state index in [-0.39, 0.29) is 37.1 Å². The highest BCUT2D eigenvalue weighted by atomic mass is 32.2. The van der Waals surface area contributed by atoms with Gasteiger partial charge >= 0.3 is 11.8 Å². The molecule has 2 amide bonds. The molecule has 2 aromatic rings. The van der Waals surface area contributed by atoms with Gasteiger partial charge in [-0.05, 0) is 26.0 Å². The zero-order chi connectivity index (χ0) is 18.9. The standard InChI is InChI=1S/C15H19N5O4S2/c1-10(2)16-14(21)15(22)19-6-8-20(9-7-19)26(23,24)12-5-3-4-11-13(12)18-25-17-11/h3-5,10H,6-9H2,1-2H3,(H,16,21). The van der Waals surface area contributed by atoms with Gasteiger partial charge in [-0.2, -0.15) is 13.1 Å². The summed E-state index contributed by atoms with van der Waals surface area (Å²) in [5.74, 6) is -1.31. The molecule has 0 bridgehead atoms. The summed E-state index contributed by atoms with van der Waals surface area (Å²) < 4.78 is 35.3. The number of sulfonamides is 1. The lowest BCUT2D eigenvalue weighted by molar-refractivity contribution is -0.146. The molecule has 0 radical (unpaired) electrons. The molecule has 0 spiro atoms. The first-order valence-corrected chi connectivity index (χ1v) is 10.3. The Bertz CT molecular complexity index is 932. The van der Waals surface area contributed by atoms with Gasteiger partial charge in [0.1, 0.15) is 15.9 Å². The highest BCUT2D eigenvalue weighted by Crippen LogP contribution is 2.25. The lowest BCUT2D eigenvalue weighted by Gasteiger charge is -2.33. The third-order valence-corrected chi connectivity index (χ3v) is 6.48. The van der Waals surface area contributed by atoms with Gasteiger partial charge in [0.05, 0.1) is 11.7 Å². The maximum Gasteiger partial charge on any atom is 0.311 e. The van der Waals surface area contributed by atoms with Crippen molar-refractivity contribution in [2.75, 3.05) is 26.2 Å². The summed E-state index contributed by atoms with van der Waals surface area (Å²) in [6, 6.07) is 4.71. The number of hydrogen-bond acceptors (Lipinski definition) is 7. The molecule has 0 aliphatic carbocycles. The molecule has 3 rings (SSSR count). The Morgan fingerprint density at radius 1 is 1.15 bits per heavy atom. The molecule has 11 heteroatoms. The van der Waals surface area contributed by atoms with E-state index in [9.17, 15) is 18.0 Å². The molecule has 2 heterocycles. The van der Waals surface area contributed by atoms with Crippen molar-refractivity contribution in [3.8, 4) is 0 Å². The van der Waals surface area contributed by atoms with Crippen molar-refractivity contribution >= 4 is 44.6 Å². The van der Waals surface area contributed by atoms with E-state index >= 15 is 0 Å². The highest BCUT2D eigenvalue weighted by molar-refractivity contribution is 7.89. The zero-order valence-electron chi connectivity index (χ0n) is 14.4. The molecule has 140 valence electrons. The second-order valence-corrected chi connectivity index (χ2v) is 8.65. The average molecular weight is 397 g/mol. The molecular weight excluding hydrogens is 378 g/mol. The molecular formula is C15H19N5O4S2. The van der Waals surface area contributed by atoms with Gasteiger partial charge < -0.3 is 10.2 Å². The zero-order valence-corrected chi connectivity index (χ0v) is 16.0. The Morgan fingerprint density at radius 2 is 1.85 bits per heavy atom. The van der Waals surface area contributed by atoms with E-state index < -0.39 is 21.8 Å². The molecule has 26 heavy (non-hydrogen) atoms. The van der Waals surface area contributed by atoms with Crippen LogP contribution in [-0.4, -0.2) is 70.4 Å². The second-order valence-electron chi connectivity index (χ2n) is 6.21. The topological polar surface area (TPSA) is 113 Å². The molecule has 1 aromatic heterocycles. The number of rotatable bonds is 3. The number of nitrogens with zero attached hydrogens (tertiary/aromatic N) is 4. The monoisotopic (exact) mass is 397 g/mol. The maximum atomic E-state index is 12.9. The number of carbonyl (C=O) groups is 2. The first-order chi connectivity index (χ1) is 12.3. The van der Waals surface area contributed by atoms with Crippen LogP contribution in [0.25, 0.3) is 11.0 Å². The number of carbonyl (C=O) groups excluding carboxylic acids is 2. The number of hydrogen-bond donors (Lipinski definition) is 1. The maximum absolute atomic E-state index is 12.9. The summed E-state index contributed by atoms with van der Waals surface area (Å²) in [6.07, 6.45) is 0. The number of aromatic nitrogens is 2. The molecule has 1 N–H and O–H groups in total. The number of amides is 2. The van der Waals surface area contributed by atoms with Crippen molar-refractivity contribution in [3.05, 3.63) is 18.2 Å². The first kappa shape index (κ1) is 18.7. The van der Waals surface area contributed by atoms with Gasteiger partial charge in [-0.1, -0.05) is 6.07 Å². The van der Waals surface area contributed by atoms with Crippen molar-refractivity contribution in [1.29, 1.82) is 0 Å². The van der Waals surface area contributed by atoms with E-state index in [0.717, 1.165) is 11.7 Å². The minimum atomic E-state index is -3.75. The predicted molar refractivity (Wildman–Crippen MR) is 96.0 cm³/mol. The van der Waals surface area contributed by atoms with Gasteiger partial charge in [-0.25, -0.2) is 8.42 Å². The first-order valence-electron chi connectivity index (χ1n) is 8.12. The van der Waals surface area contributed by atoms with Crippen LogP contribution in [0.3, 0.4) is 0 Å². The Labute approximate surface area is 155 Å². The number of fused-ring (bicyclic) bond motifs is 1. The third kappa shape index (κ3) is 3.55. The molecule has 1 aliphatic rings. The predicted octanol–water partition coefficient (Wildman–Crippen LogP) is 0.0488.